The third-order valence-corrected chi connectivity index (χ3v) is 3.31. The minimum absolute atomic E-state index is 0.0653. The van der Waals surface area contributed by atoms with Crippen molar-refractivity contribution in [1.29, 1.82) is 0 Å². The summed E-state index contributed by atoms with van der Waals surface area (Å²) in [4.78, 5) is 0. The first-order chi connectivity index (χ1) is 12.6. The Labute approximate surface area is 157 Å². The van der Waals surface area contributed by atoms with Crippen LogP contribution in [-0.4, -0.2) is 107 Å². The molecule has 0 aromatic rings. The second-order valence-electron chi connectivity index (χ2n) is 6.29. The molecule has 0 heterocycles. The highest BCUT2D eigenvalue weighted by atomic mass is 16.6. The molecule has 0 spiro atoms. The first kappa shape index (κ1) is 25.6. The van der Waals surface area contributed by atoms with Crippen LogP contribution in [0.25, 0.3) is 0 Å². The maximum Gasteiger partial charge on any atom is 0.0897 e. The van der Waals surface area contributed by atoms with Crippen molar-refractivity contribution in [3.8, 4) is 0 Å². The Kier molecular flexibility index (Phi) is 19.1. The number of aliphatic hydroxyl groups excluding tert-OH is 2. The summed E-state index contributed by atoms with van der Waals surface area (Å²) in [6.07, 6.45) is -1.07. The minimum Gasteiger partial charge on any atom is -0.391 e. The van der Waals surface area contributed by atoms with Crippen LogP contribution in [0.3, 0.4) is 0 Å². The van der Waals surface area contributed by atoms with E-state index >= 15 is 0 Å². The van der Waals surface area contributed by atoms with Gasteiger partial charge in [0.1, 0.15) is 0 Å². The standard InChI is InChI=1S/C17H40N4O5/c1-15(22)12-26-16(2)13-24-9-10-25-14-17(23)11-21-8-7-20-6-5-19-4-3-18/h15-17,19-23H,3-14,18H2,1-2H3. The van der Waals surface area contributed by atoms with Crippen molar-refractivity contribution in [2.75, 3.05) is 78.8 Å². The second-order valence-corrected chi connectivity index (χ2v) is 6.29. The van der Waals surface area contributed by atoms with Gasteiger partial charge in [0.15, 0.2) is 0 Å². The van der Waals surface area contributed by atoms with Gasteiger partial charge in [-0.15, -0.1) is 0 Å². The van der Waals surface area contributed by atoms with Gasteiger partial charge in [0.05, 0.1) is 51.3 Å². The number of nitrogens with two attached hydrogens (primary N) is 1. The molecule has 0 aliphatic rings. The smallest absolute Gasteiger partial charge is 0.0897 e. The van der Waals surface area contributed by atoms with Gasteiger partial charge >= 0.3 is 0 Å². The highest BCUT2D eigenvalue weighted by Crippen LogP contribution is 1.94. The lowest BCUT2D eigenvalue weighted by molar-refractivity contribution is -0.0504. The van der Waals surface area contributed by atoms with Gasteiger partial charge in [-0.2, -0.15) is 0 Å². The fraction of sp³-hybridized carbons (Fsp3) is 1.00. The Bertz CT molecular complexity index is 288. The summed E-state index contributed by atoms with van der Waals surface area (Å²) in [6, 6.07) is 0. The largest absolute Gasteiger partial charge is 0.391 e. The van der Waals surface area contributed by atoms with E-state index in [0.717, 1.165) is 32.7 Å². The summed E-state index contributed by atoms with van der Waals surface area (Å²) >= 11 is 0. The SMILES string of the molecule is CC(O)COC(C)COCCOCC(O)CNCCNCCNCCN. The van der Waals surface area contributed by atoms with Crippen molar-refractivity contribution in [3.05, 3.63) is 0 Å². The van der Waals surface area contributed by atoms with Gasteiger partial charge in [-0.1, -0.05) is 0 Å². The number of ether oxygens (including phenoxy) is 3. The van der Waals surface area contributed by atoms with Gasteiger partial charge in [0.2, 0.25) is 0 Å². The van der Waals surface area contributed by atoms with Gasteiger partial charge in [-0.25, -0.2) is 0 Å². The van der Waals surface area contributed by atoms with E-state index in [4.69, 9.17) is 25.1 Å². The van der Waals surface area contributed by atoms with E-state index in [1.54, 1.807) is 6.92 Å². The lowest BCUT2D eigenvalue weighted by Gasteiger charge is -2.15. The molecular weight excluding hydrogens is 340 g/mol. The Balaban J connectivity index is 3.25. The zero-order valence-corrected chi connectivity index (χ0v) is 16.4. The molecule has 0 amide bonds. The van der Waals surface area contributed by atoms with Crippen molar-refractivity contribution in [2.24, 2.45) is 5.73 Å². The molecule has 3 unspecified atom stereocenters. The Morgan fingerprint density at radius 1 is 0.808 bits per heavy atom. The van der Waals surface area contributed by atoms with Crippen LogP contribution in [0.4, 0.5) is 0 Å². The van der Waals surface area contributed by atoms with Crippen molar-refractivity contribution in [3.63, 3.8) is 0 Å². The highest BCUT2D eigenvalue weighted by molar-refractivity contribution is 4.60. The number of hydrogen-bond donors (Lipinski definition) is 6. The zero-order valence-electron chi connectivity index (χ0n) is 16.4. The van der Waals surface area contributed by atoms with E-state index in [1.807, 2.05) is 6.92 Å². The molecule has 0 rings (SSSR count). The molecule has 0 radical (unpaired) electrons. The molecule has 0 aromatic heterocycles. The average molecular weight is 381 g/mol. The molecule has 0 fully saturated rings. The van der Waals surface area contributed by atoms with Gasteiger partial charge in [-0.3, -0.25) is 0 Å². The van der Waals surface area contributed by atoms with Crippen molar-refractivity contribution < 1.29 is 24.4 Å². The van der Waals surface area contributed by atoms with Crippen LogP contribution in [-0.2, 0) is 14.2 Å². The molecule has 0 aliphatic heterocycles. The second kappa shape index (κ2) is 19.4. The number of rotatable bonds is 20. The van der Waals surface area contributed by atoms with E-state index in [9.17, 15) is 5.11 Å². The van der Waals surface area contributed by atoms with E-state index in [-0.39, 0.29) is 12.7 Å². The number of nitrogens with one attached hydrogen (secondary N) is 3. The summed E-state index contributed by atoms with van der Waals surface area (Å²) in [5.41, 5.74) is 5.38. The van der Waals surface area contributed by atoms with Crippen molar-refractivity contribution in [2.45, 2.75) is 32.2 Å². The molecule has 9 heteroatoms. The summed E-state index contributed by atoms with van der Waals surface area (Å²) in [5, 5.41) is 28.6. The Morgan fingerprint density at radius 2 is 1.38 bits per heavy atom. The molecule has 0 bridgehead atoms. The lowest BCUT2D eigenvalue weighted by atomic mass is 10.4. The normalized spacial score (nSPS) is 15.1. The zero-order chi connectivity index (χ0) is 19.5. The molecule has 0 saturated heterocycles. The van der Waals surface area contributed by atoms with Crippen LogP contribution in [0, 0.1) is 0 Å². The summed E-state index contributed by atoms with van der Waals surface area (Å²) in [6.45, 7) is 10.9. The first-order valence-corrected chi connectivity index (χ1v) is 9.51. The minimum atomic E-state index is -0.533. The average Bonchev–Trinajstić information content (AvgIpc) is 2.61. The molecule has 0 aromatic carbocycles. The predicted octanol–water partition coefficient (Wildman–Crippen LogP) is -2.11. The van der Waals surface area contributed by atoms with Gasteiger partial charge < -0.3 is 46.1 Å². The third-order valence-electron chi connectivity index (χ3n) is 3.31. The Morgan fingerprint density at radius 3 is 2.00 bits per heavy atom. The topological polar surface area (TPSA) is 130 Å². The van der Waals surface area contributed by atoms with Crippen LogP contribution >= 0.6 is 0 Å². The number of aliphatic hydroxyl groups is 2. The summed E-state index contributed by atoms with van der Waals surface area (Å²) in [7, 11) is 0. The maximum atomic E-state index is 9.80. The molecule has 3 atom stereocenters. The monoisotopic (exact) mass is 380 g/mol. The molecule has 7 N–H and O–H groups in total. The van der Waals surface area contributed by atoms with Crippen LogP contribution in [0.15, 0.2) is 0 Å². The van der Waals surface area contributed by atoms with E-state index in [0.29, 0.717) is 39.5 Å². The quantitative estimate of drug-likeness (QED) is 0.131. The Hall–Kier alpha value is -0.360. The highest BCUT2D eigenvalue weighted by Gasteiger charge is 2.06. The molecular formula is C17H40N4O5. The van der Waals surface area contributed by atoms with E-state index < -0.39 is 12.2 Å². The van der Waals surface area contributed by atoms with E-state index in [2.05, 4.69) is 16.0 Å². The van der Waals surface area contributed by atoms with Crippen LogP contribution in [0.2, 0.25) is 0 Å². The van der Waals surface area contributed by atoms with Crippen molar-refractivity contribution in [1.82, 2.24) is 16.0 Å². The third kappa shape index (κ3) is 20.0. The van der Waals surface area contributed by atoms with Crippen molar-refractivity contribution >= 4 is 0 Å². The fourth-order valence-corrected chi connectivity index (χ4v) is 1.97. The number of hydrogen-bond acceptors (Lipinski definition) is 9. The predicted molar refractivity (Wildman–Crippen MR) is 102 cm³/mol. The molecule has 0 saturated carbocycles. The van der Waals surface area contributed by atoms with Crippen LogP contribution in [0.5, 0.6) is 0 Å². The lowest BCUT2D eigenvalue weighted by Crippen LogP contribution is -2.37. The van der Waals surface area contributed by atoms with Crippen LogP contribution < -0.4 is 21.7 Å². The molecule has 0 aliphatic carbocycles. The molecule has 26 heavy (non-hydrogen) atoms. The van der Waals surface area contributed by atoms with Gasteiger partial charge in [0.25, 0.3) is 0 Å². The van der Waals surface area contributed by atoms with Gasteiger partial charge in [-0.05, 0) is 13.8 Å². The summed E-state index contributed by atoms with van der Waals surface area (Å²) < 4.78 is 16.2. The first-order valence-electron chi connectivity index (χ1n) is 9.51. The molecule has 9 nitrogen and oxygen atoms in total. The summed E-state index contributed by atoms with van der Waals surface area (Å²) in [5.74, 6) is 0. The van der Waals surface area contributed by atoms with Gasteiger partial charge in [0, 0.05) is 45.8 Å². The fourth-order valence-electron chi connectivity index (χ4n) is 1.97. The maximum absolute atomic E-state index is 9.80. The van der Waals surface area contributed by atoms with E-state index in [1.165, 1.54) is 0 Å². The van der Waals surface area contributed by atoms with Crippen LogP contribution in [0.1, 0.15) is 13.8 Å². The molecule has 158 valence electrons.